The molecule has 1 N–H and O–H groups in total. The van der Waals surface area contributed by atoms with Crippen molar-refractivity contribution in [3.8, 4) is 16.5 Å². The van der Waals surface area contributed by atoms with Gasteiger partial charge in [-0.1, -0.05) is 42.2 Å². The second-order valence-electron chi connectivity index (χ2n) is 8.63. The normalized spacial score (nSPS) is 17.6. The predicted molar refractivity (Wildman–Crippen MR) is 140 cm³/mol. The van der Waals surface area contributed by atoms with Crippen LogP contribution in [0.4, 0.5) is 10.1 Å². The lowest BCUT2D eigenvalue weighted by atomic mass is 9.94. The number of aromatic nitrogens is 2. The molecular weight excluding hydrogens is 490 g/mol. The number of thiophene rings is 1. The van der Waals surface area contributed by atoms with E-state index in [2.05, 4.69) is 20.1 Å². The number of methoxy groups -OCH3 is 1. The number of nitrogens with one attached hydrogen (secondary N) is 1. The van der Waals surface area contributed by atoms with Crippen molar-refractivity contribution in [2.24, 2.45) is 0 Å². The Labute approximate surface area is 212 Å². The zero-order chi connectivity index (χ0) is 23.5. The number of nitrogens with zero attached hydrogens (tertiary/aromatic N) is 4. The van der Waals surface area contributed by atoms with Crippen molar-refractivity contribution in [2.75, 3.05) is 43.5 Å². The lowest BCUT2D eigenvalue weighted by Crippen LogP contribution is -2.50. The van der Waals surface area contributed by atoms with E-state index in [0.717, 1.165) is 52.1 Å². The molecule has 1 saturated heterocycles. The third kappa shape index (κ3) is 5.22. The number of hydrogen-bond donors (Lipinski definition) is 1. The van der Waals surface area contributed by atoms with Gasteiger partial charge in [0.05, 0.1) is 16.3 Å². The van der Waals surface area contributed by atoms with E-state index in [9.17, 15) is 4.79 Å². The molecule has 0 atom stereocenters. The molecule has 3 aromatic rings. The van der Waals surface area contributed by atoms with Crippen molar-refractivity contribution < 1.29 is 9.53 Å². The zero-order valence-electron chi connectivity index (χ0n) is 19.1. The van der Waals surface area contributed by atoms with E-state index in [1.54, 1.807) is 18.3 Å². The molecule has 0 bridgehead atoms. The Balaban J connectivity index is 1.35. The predicted octanol–water partition coefficient (Wildman–Crippen LogP) is 5.64. The number of carbonyl (C=O) groups excluding carboxylic acids is 1. The van der Waals surface area contributed by atoms with Crippen molar-refractivity contribution in [3.05, 3.63) is 40.4 Å². The van der Waals surface area contributed by atoms with Crippen molar-refractivity contribution in [2.45, 2.75) is 38.1 Å². The maximum atomic E-state index is 12.9. The summed E-state index contributed by atoms with van der Waals surface area (Å²) in [7, 11) is 1.53. The smallest absolute Gasteiger partial charge is 0.257 e. The van der Waals surface area contributed by atoms with Gasteiger partial charge in [-0.3, -0.25) is 15.0 Å². The number of thiazole rings is 1. The molecule has 180 valence electrons. The summed E-state index contributed by atoms with van der Waals surface area (Å²) in [6, 6.07) is 7.92. The van der Waals surface area contributed by atoms with Crippen LogP contribution in [0.3, 0.4) is 0 Å². The molecule has 2 fully saturated rings. The Morgan fingerprint density at radius 3 is 2.62 bits per heavy atom. The van der Waals surface area contributed by atoms with Crippen molar-refractivity contribution in [3.63, 3.8) is 0 Å². The molecule has 1 aliphatic carbocycles. The summed E-state index contributed by atoms with van der Waals surface area (Å²) >= 11 is 9.27. The lowest BCUT2D eigenvalue weighted by Gasteiger charge is -2.41. The minimum atomic E-state index is -0.237. The SMILES string of the molecule is COc1cc(C(=O)Nc2nc(-c3ccc(Cl)s3)c(N3CCN(C4CCCCC4)CC3)s2)ccn1. The Hall–Kier alpha value is -2.20. The van der Waals surface area contributed by atoms with Gasteiger partial charge in [0, 0.05) is 50.0 Å². The average molecular weight is 518 g/mol. The van der Waals surface area contributed by atoms with E-state index in [4.69, 9.17) is 21.3 Å². The van der Waals surface area contributed by atoms with Gasteiger partial charge in [-0.05, 0) is 31.0 Å². The number of piperazine rings is 1. The number of pyridine rings is 1. The van der Waals surface area contributed by atoms with Crippen LogP contribution in [0, 0.1) is 0 Å². The minimum Gasteiger partial charge on any atom is -0.481 e. The summed E-state index contributed by atoms with van der Waals surface area (Å²) in [5.74, 6) is 0.163. The lowest BCUT2D eigenvalue weighted by molar-refractivity contribution is 0.102. The molecule has 1 saturated carbocycles. The summed E-state index contributed by atoms with van der Waals surface area (Å²) < 4.78 is 5.87. The molecule has 10 heteroatoms. The summed E-state index contributed by atoms with van der Waals surface area (Å²) in [4.78, 5) is 27.8. The van der Waals surface area contributed by atoms with E-state index >= 15 is 0 Å². The van der Waals surface area contributed by atoms with Gasteiger partial charge in [-0.15, -0.1) is 11.3 Å². The van der Waals surface area contributed by atoms with E-state index in [1.165, 1.54) is 61.9 Å². The molecule has 0 aromatic carbocycles. The molecule has 2 aliphatic rings. The molecular formula is C24H28ClN5O2S2. The number of hydrogen-bond acceptors (Lipinski definition) is 8. The topological polar surface area (TPSA) is 70.6 Å². The van der Waals surface area contributed by atoms with Crippen LogP contribution >= 0.6 is 34.3 Å². The minimum absolute atomic E-state index is 0.237. The molecule has 7 nitrogen and oxygen atoms in total. The second-order valence-corrected chi connectivity index (χ2v) is 11.3. The fraction of sp³-hybridized carbons (Fsp3) is 0.458. The number of carbonyl (C=O) groups is 1. The van der Waals surface area contributed by atoms with Crippen molar-refractivity contribution >= 4 is 50.3 Å². The third-order valence-electron chi connectivity index (χ3n) is 6.54. The Morgan fingerprint density at radius 2 is 1.91 bits per heavy atom. The first kappa shape index (κ1) is 23.5. The van der Waals surface area contributed by atoms with Gasteiger partial charge in [0.1, 0.15) is 10.7 Å². The number of anilines is 2. The average Bonchev–Trinajstić information content (AvgIpc) is 3.50. The van der Waals surface area contributed by atoms with Gasteiger partial charge < -0.3 is 9.64 Å². The molecule has 0 radical (unpaired) electrons. The van der Waals surface area contributed by atoms with Crippen LogP contribution < -0.4 is 15.0 Å². The first-order chi connectivity index (χ1) is 16.6. The summed E-state index contributed by atoms with van der Waals surface area (Å²) in [6.07, 6.45) is 8.31. The summed E-state index contributed by atoms with van der Waals surface area (Å²) in [6.45, 7) is 4.04. The standard InChI is InChI=1S/C24H28ClN5O2S2/c1-32-20-15-16(9-10-26-20)22(31)28-24-27-21(18-7-8-19(25)33-18)23(34-24)30-13-11-29(12-14-30)17-5-3-2-4-6-17/h7-10,15,17H,2-6,11-14H2,1H3,(H,27,28,31). The molecule has 1 aliphatic heterocycles. The molecule has 1 amide bonds. The first-order valence-electron chi connectivity index (χ1n) is 11.7. The van der Waals surface area contributed by atoms with E-state index in [0.29, 0.717) is 16.6 Å². The Kier molecular flexibility index (Phi) is 7.34. The van der Waals surface area contributed by atoms with Crippen molar-refractivity contribution in [1.29, 1.82) is 0 Å². The highest BCUT2D eigenvalue weighted by molar-refractivity contribution is 7.22. The van der Waals surface area contributed by atoms with E-state index in [1.807, 2.05) is 12.1 Å². The first-order valence-corrected chi connectivity index (χ1v) is 13.7. The van der Waals surface area contributed by atoms with Crippen LogP contribution in [0.5, 0.6) is 5.88 Å². The molecule has 5 rings (SSSR count). The molecule has 4 heterocycles. The highest BCUT2D eigenvalue weighted by Crippen LogP contribution is 2.42. The maximum absolute atomic E-state index is 12.9. The number of amides is 1. The van der Waals surface area contributed by atoms with Gasteiger partial charge in [0.2, 0.25) is 5.88 Å². The van der Waals surface area contributed by atoms with Crippen LogP contribution in [-0.2, 0) is 0 Å². The quantitative estimate of drug-likeness (QED) is 0.456. The monoisotopic (exact) mass is 517 g/mol. The summed E-state index contributed by atoms with van der Waals surface area (Å²) in [5, 5.41) is 4.63. The van der Waals surface area contributed by atoms with Crippen LogP contribution in [0.2, 0.25) is 4.34 Å². The van der Waals surface area contributed by atoms with Gasteiger partial charge in [-0.2, -0.15) is 0 Å². The molecule has 0 unspecified atom stereocenters. The molecule has 0 spiro atoms. The number of ether oxygens (including phenoxy) is 1. The fourth-order valence-electron chi connectivity index (χ4n) is 4.75. The maximum Gasteiger partial charge on any atom is 0.257 e. The molecule has 3 aromatic heterocycles. The van der Waals surface area contributed by atoms with E-state index < -0.39 is 0 Å². The van der Waals surface area contributed by atoms with E-state index in [-0.39, 0.29) is 5.91 Å². The zero-order valence-corrected chi connectivity index (χ0v) is 21.5. The van der Waals surface area contributed by atoms with Gasteiger partial charge in [0.25, 0.3) is 5.91 Å². The number of rotatable bonds is 6. The molecule has 34 heavy (non-hydrogen) atoms. The fourth-order valence-corrected chi connectivity index (χ4v) is 6.88. The van der Waals surface area contributed by atoms with Crippen molar-refractivity contribution in [1.82, 2.24) is 14.9 Å². The van der Waals surface area contributed by atoms with Crippen LogP contribution in [-0.4, -0.2) is 60.1 Å². The highest BCUT2D eigenvalue weighted by Gasteiger charge is 2.28. The van der Waals surface area contributed by atoms with Gasteiger partial charge >= 0.3 is 0 Å². The third-order valence-corrected chi connectivity index (χ3v) is 8.80. The summed E-state index contributed by atoms with van der Waals surface area (Å²) in [5.41, 5.74) is 1.36. The van der Waals surface area contributed by atoms with Crippen LogP contribution in [0.15, 0.2) is 30.5 Å². The Bertz CT molecular complexity index is 1140. The van der Waals surface area contributed by atoms with Crippen LogP contribution in [0.25, 0.3) is 10.6 Å². The van der Waals surface area contributed by atoms with Gasteiger partial charge in [-0.25, -0.2) is 9.97 Å². The Morgan fingerprint density at radius 1 is 1.12 bits per heavy atom. The van der Waals surface area contributed by atoms with Crippen LogP contribution in [0.1, 0.15) is 42.5 Å². The van der Waals surface area contributed by atoms with Gasteiger partial charge in [0.15, 0.2) is 5.13 Å². The largest absolute Gasteiger partial charge is 0.481 e. The number of halogens is 1. The second kappa shape index (κ2) is 10.6. The highest BCUT2D eigenvalue weighted by atomic mass is 35.5.